The van der Waals surface area contributed by atoms with Crippen LogP contribution < -0.4 is 33.2 Å². The van der Waals surface area contributed by atoms with Gasteiger partial charge in [0.05, 0.1) is 18.6 Å². The SMILES string of the molecule is CC(O)C(NC(=O)C(CCCN=C(N)N)NC(=O)C(N)CC(=O)O)C(=O)NC(CS)C(=O)O. The topological polar surface area (TPSA) is 273 Å². The van der Waals surface area contributed by atoms with Gasteiger partial charge in [-0.25, -0.2) is 4.79 Å². The van der Waals surface area contributed by atoms with Gasteiger partial charge in [-0.15, -0.1) is 0 Å². The molecule has 12 N–H and O–H groups in total. The van der Waals surface area contributed by atoms with Crippen molar-refractivity contribution >= 4 is 48.2 Å². The van der Waals surface area contributed by atoms with Gasteiger partial charge in [-0.3, -0.25) is 24.2 Å². The molecule has 0 aliphatic carbocycles. The molecule has 0 aromatic heterocycles. The number of aliphatic carboxylic acids is 2. The maximum Gasteiger partial charge on any atom is 0.327 e. The van der Waals surface area contributed by atoms with Crippen molar-refractivity contribution in [2.24, 2.45) is 22.2 Å². The van der Waals surface area contributed by atoms with Gasteiger partial charge >= 0.3 is 11.9 Å². The molecule has 0 aromatic rings. The molecular formula is C17H31N7O8S. The summed E-state index contributed by atoms with van der Waals surface area (Å²) in [5.41, 5.74) is 16.0. The standard InChI is InChI=1S/C17H31N7O8S/c1-7(25)12(15(30)23-10(6-33)16(31)32)24-14(29)9(3-2-4-21-17(19)20)22-13(28)8(18)5-11(26)27/h7-10,12,25,33H,2-6,18H2,1H3,(H,22,28)(H,23,30)(H,24,29)(H,26,27)(H,31,32)(H4,19,20,21). The largest absolute Gasteiger partial charge is 0.481 e. The first-order valence-electron chi connectivity index (χ1n) is 9.75. The van der Waals surface area contributed by atoms with Crippen LogP contribution in [0.3, 0.4) is 0 Å². The average Bonchev–Trinajstić information content (AvgIpc) is 2.70. The Hall–Kier alpha value is -3.11. The Morgan fingerprint density at radius 3 is 2.00 bits per heavy atom. The number of nitrogens with two attached hydrogens (primary N) is 3. The summed E-state index contributed by atoms with van der Waals surface area (Å²) in [6, 6.07) is -5.68. The molecule has 0 fully saturated rings. The zero-order valence-corrected chi connectivity index (χ0v) is 18.8. The van der Waals surface area contributed by atoms with Crippen molar-refractivity contribution in [1.82, 2.24) is 16.0 Å². The third kappa shape index (κ3) is 11.9. The minimum absolute atomic E-state index is 0.0311. The number of hydrogen-bond donors (Lipinski definition) is 10. The number of rotatable bonds is 15. The quantitative estimate of drug-likeness (QED) is 0.0451. The molecule has 16 heteroatoms. The maximum absolute atomic E-state index is 12.8. The highest BCUT2D eigenvalue weighted by molar-refractivity contribution is 7.80. The minimum atomic E-state index is -1.57. The van der Waals surface area contributed by atoms with Crippen molar-refractivity contribution in [2.75, 3.05) is 12.3 Å². The lowest BCUT2D eigenvalue weighted by atomic mass is 10.1. The molecule has 5 atom stereocenters. The Balaban J connectivity index is 5.46. The highest BCUT2D eigenvalue weighted by Gasteiger charge is 2.32. The predicted molar refractivity (Wildman–Crippen MR) is 119 cm³/mol. The third-order valence-corrected chi connectivity index (χ3v) is 4.53. The van der Waals surface area contributed by atoms with Crippen molar-refractivity contribution in [3.63, 3.8) is 0 Å². The maximum atomic E-state index is 12.8. The highest BCUT2D eigenvalue weighted by Crippen LogP contribution is 2.04. The lowest BCUT2D eigenvalue weighted by molar-refractivity contribution is -0.142. The average molecular weight is 494 g/mol. The molecule has 0 bridgehead atoms. The van der Waals surface area contributed by atoms with E-state index in [-0.39, 0.29) is 31.1 Å². The van der Waals surface area contributed by atoms with E-state index in [1.165, 1.54) is 6.92 Å². The van der Waals surface area contributed by atoms with Crippen molar-refractivity contribution < 1.29 is 39.3 Å². The first kappa shape index (κ1) is 29.9. The van der Waals surface area contributed by atoms with Crippen molar-refractivity contribution in [1.29, 1.82) is 0 Å². The van der Waals surface area contributed by atoms with Crippen LogP contribution in [0.25, 0.3) is 0 Å². The van der Waals surface area contributed by atoms with Crippen LogP contribution in [0.4, 0.5) is 0 Å². The first-order chi connectivity index (χ1) is 15.3. The first-order valence-corrected chi connectivity index (χ1v) is 10.4. The number of carboxylic acids is 2. The van der Waals surface area contributed by atoms with E-state index in [1.54, 1.807) is 0 Å². The van der Waals surface area contributed by atoms with E-state index in [0.717, 1.165) is 0 Å². The summed E-state index contributed by atoms with van der Waals surface area (Å²) in [4.78, 5) is 63.0. The summed E-state index contributed by atoms with van der Waals surface area (Å²) in [6.45, 7) is 1.29. The molecule has 0 radical (unpaired) electrons. The number of carboxylic acid groups (broad SMARTS) is 2. The van der Waals surface area contributed by atoms with Crippen LogP contribution in [0, 0.1) is 0 Å². The number of aliphatic imine (C=N–C) groups is 1. The van der Waals surface area contributed by atoms with E-state index < -0.39 is 66.4 Å². The van der Waals surface area contributed by atoms with Gasteiger partial charge in [-0.1, -0.05) is 0 Å². The Morgan fingerprint density at radius 1 is 0.970 bits per heavy atom. The summed E-state index contributed by atoms with van der Waals surface area (Å²) < 4.78 is 0. The number of nitrogens with one attached hydrogen (secondary N) is 3. The van der Waals surface area contributed by atoms with Gasteiger partial charge < -0.3 is 48.5 Å². The number of aliphatic hydroxyl groups excluding tert-OH is 1. The van der Waals surface area contributed by atoms with E-state index in [1.807, 2.05) is 0 Å². The number of carbonyl (C=O) groups is 5. The number of thiol groups is 1. The molecule has 0 saturated heterocycles. The monoisotopic (exact) mass is 493 g/mol. The van der Waals surface area contributed by atoms with E-state index in [2.05, 4.69) is 33.6 Å². The molecule has 0 aliphatic heterocycles. The number of carbonyl (C=O) groups excluding carboxylic acids is 3. The molecule has 3 amide bonds. The number of aliphatic hydroxyl groups is 1. The fraction of sp³-hybridized carbons (Fsp3) is 0.647. The van der Waals surface area contributed by atoms with Crippen molar-refractivity contribution in [3.8, 4) is 0 Å². The lowest BCUT2D eigenvalue weighted by Gasteiger charge is -2.26. The molecule has 0 aromatic carbocycles. The van der Waals surface area contributed by atoms with Gasteiger partial charge in [0.2, 0.25) is 17.7 Å². The van der Waals surface area contributed by atoms with Gasteiger partial charge in [0.25, 0.3) is 0 Å². The molecular weight excluding hydrogens is 462 g/mol. The number of guanidine groups is 1. The van der Waals surface area contributed by atoms with Crippen LogP contribution in [0.5, 0.6) is 0 Å². The second-order valence-corrected chi connectivity index (χ2v) is 7.39. The molecule has 0 aliphatic rings. The predicted octanol–water partition coefficient (Wildman–Crippen LogP) is -4.31. The smallest absolute Gasteiger partial charge is 0.327 e. The van der Waals surface area contributed by atoms with E-state index in [0.29, 0.717) is 0 Å². The normalized spacial score (nSPS) is 15.2. The van der Waals surface area contributed by atoms with Gasteiger partial charge in [-0.2, -0.15) is 12.6 Å². The number of nitrogens with zero attached hydrogens (tertiary/aromatic N) is 1. The molecule has 0 spiro atoms. The summed E-state index contributed by atoms with van der Waals surface area (Å²) in [7, 11) is 0. The van der Waals surface area contributed by atoms with Crippen molar-refractivity contribution in [2.45, 2.75) is 56.5 Å². The number of hydrogen-bond acceptors (Lipinski definition) is 9. The Kier molecular flexibility index (Phi) is 13.5. The van der Waals surface area contributed by atoms with Gasteiger partial charge in [0, 0.05) is 12.3 Å². The van der Waals surface area contributed by atoms with Crippen LogP contribution in [0.1, 0.15) is 26.2 Å². The molecule has 15 nitrogen and oxygen atoms in total. The molecule has 188 valence electrons. The zero-order chi connectivity index (χ0) is 25.7. The summed E-state index contributed by atoms with van der Waals surface area (Å²) >= 11 is 3.82. The summed E-state index contributed by atoms with van der Waals surface area (Å²) in [6.07, 6.45) is -1.95. The second-order valence-electron chi connectivity index (χ2n) is 7.02. The fourth-order valence-corrected chi connectivity index (χ4v) is 2.69. The van der Waals surface area contributed by atoms with Gasteiger partial charge in [-0.05, 0) is 19.8 Å². The third-order valence-electron chi connectivity index (χ3n) is 4.17. The van der Waals surface area contributed by atoms with E-state index >= 15 is 0 Å². The summed E-state index contributed by atoms with van der Waals surface area (Å²) in [5.74, 6) is -5.96. The van der Waals surface area contributed by atoms with Gasteiger partial charge in [0.1, 0.15) is 18.1 Å². The van der Waals surface area contributed by atoms with Crippen LogP contribution in [0.2, 0.25) is 0 Å². The van der Waals surface area contributed by atoms with Crippen LogP contribution in [-0.2, 0) is 24.0 Å². The van der Waals surface area contributed by atoms with Gasteiger partial charge in [0.15, 0.2) is 5.96 Å². The Morgan fingerprint density at radius 2 is 1.55 bits per heavy atom. The van der Waals surface area contributed by atoms with Crippen molar-refractivity contribution in [3.05, 3.63) is 0 Å². The van der Waals surface area contributed by atoms with Crippen LogP contribution >= 0.6 is 12.6 Å². The molecule has 0 heterocycles. The Labute approximate surface area is 194 Å². The highest BCUT2D eigenvalue weighted by atomic mass is 32.1. The van der Waals surface area contributed by atoms with E-state index in [4.69, 9.17) is 27.4 Å². The van der Waals surface area contributed by atoms with E-state index in [9.17, 15) is 29.1 Å². The molecule has 5 unspecified atom stereocenters. The minimum Gasteiger partial charge on any atom is -0.481 e. The fourth-order valence-electron chi connectivity index (χ4n) is 2.44. The zero-order valence-electron chi connectivity index (χ0n) is 17.9. The molecule has 0 rings (SSSR count). The molecule has 0 saturated carbocycles. The van der Waals surface area contributed by atoms with Crippen LogP contribution in [-0.4, -0.2) is 93.5 Å². The number of amides is 3. The van der Waals surface area contributed by atoms with Crippen LogP contribution in [0.15, 0.2) is 4.99 Å². The lowest BCUT2D eigenvalue weighted by Crippen LogP contribution is -2.60. The Bertz CT molecular complexity index is 745. The second kappa shape index (κ2) is 14.9. The summed E-state index contributed by atoms with van der Waals surface area (Å²) in [5, 5.41) is 34.4. The molecule has 33 heavy (non-hydrogen) atoms.